The minimum absolute atomic E-state index is 0.115. The lowest BCUT2D eigenvalue weighted by atomic mass is 9.72. The first-order valence-electron chi connectivity index (χ1n) is 20.8. The summed E-state index contributed by atoms with van der Waals surface area (Å²) in [5, 5.41) is 34.4. The molecule has 0 aromatic carbocycles. The molecule has 0 radical (unpaired) electrons. The van der Waals surface area contributed by atoms with E-state index < -0.39 is 53.0 Å². The third kappa shape index (κ3) is 14.3. The molecule has 4 atom stereocenters. The number of aromatic amines is 1. The molecule has 0 spiro atoms. The summed E-state index contributed by atoms with van der Waals surface area (Å²) in [6.45, 7) is 3.60. The summed E-state index contributed by atoms with van der Waals surface area (Å²) in [6.07, 6.45) is 26.4. The molecule has 0 unspecified atom stereocenters. The van der Waals surface area contributed by atoms with E-state index in [1.165, 1.54) is 103 Å². The van der Waals surface area contributed by atoms with Gasteiger partial charge in [0.15, 0.2) is 23.4 Å². The number of aromatic nitrogens is 2. The van der Waals surface area contributed by atoms with Crippen LogP contribution in [0.2, 0.25) is 0 Å². The number of nitrogens with zero attached hydrogens (tertiary/aromatic N) is 1. The molecule has 1 fully saturated rings. The number of Topliss-reactive ketones (excluding diaryl/α,β-unsaturated/α-hetero) is 2. The molecule has 10 nitrogen and oxygen atoms in total. The first-order valence-corrected chi connectivity index (χ1v) is 20.8. The van der Waals surface area contributed by atoms with E-state index in [1.54, 1.807) is 0 Å². The van der Waals surface area contributed by atoms with E-state index in [4.69, 9.17) is 4.74 Å². The molecule has 2 rings (SSSR count). The van der Waals surface area contributed by atoms with E-state index in [-0.39, 0.29) is 12.8 Å². The molecule has 0 amide bonds. The third-order valence-corrected chi connectivity index (χ3v) is 10.8. The van der Waals surface area contributed by atoms with Gasteiger partial charge in [-0.15, -0.1) is 0 Å². The molecule has 1 aliphatic rings. The second-order valence-corrected chi connectivity index (χ2v) is 15.0. The molecule has 4 N–H and O–H groups in total. The number of carbonyl (C=O) groups is 2. The maximum atomic E-state index is 13.9. The third-order valence-electron chi connectivity index (χ3n) is 10.8. The molecule has 2 heterocycles. The highest BCUT2D eigenvalue weighted by Crippen LogP contribution is 2.48. The Bertz CT molecular complexity index is 1210. The van der Waals surface area contributed by atoms with Crippen LogP contribution in [-0.4, -0.2) is 60.4 Å². The van der Waals surface area contributed by atoms with Crippen LogP contribution in [0.4, 0.5) is 0 Å². The van der Waals surface area contributed by atoms with Gasteiger partial charge in [0.2, 0.25) is 5.60 Å². The van der Waals surface area contributed by atoms with Crippen LogP contribution in [0.25, 0.3) is 0 Å². The normalized spacial score (nSPS) is 21.7. The molecule has 1 aromatic heterocycles. The Labute approximate surface area is 307 Å². The standard InChI is InChI=1S/C41H72N2O8/c1-3-5-7-9-11-13-15-17-19-21-23-25-27-29-34(45)40(49)36(33-44)51-38(43-32-31-37(47)42-39(43)48)41(40,50)35(46)30-28-26-24-22-20-18-16-14-12-10-8-6-4-2/h31-32,36,38,44,49-50H,3-30,33H2,1-2H3,(H,42,47,48)/t36-,38-,40-,41+/m1/s1. The van der Waals surface area contributed by atoms with Crippen LogP contribution >= 0.6 is 0 Å². The predicted molar refractivity (Wildman–Crippen MR) is 203 cm³/mol. The van der Waals surface area contributed by atoms with Gasteiger partial charge in [0, 0.05) is 25.1 Å². The number of unbranched alkanes of at least 4 members (excludes halogenated alkanes) is 24. The number of hydrogen-bond acceptors (Lipinski definition) is 8. The average Bonchev–Trinajstić information content (AvgIpc) is 3.35. The Balaban J connectivity index is 1.94. The maximum absolute atomic E-state index is 13.9. The number of aliphatic hydroxyl groups excluding tert-OH is 1. The molecule has 1 saturated heterocycles. The summed E-state index contributed by atoms with van der Waals surface area (Å²) < 4.78 is 6.59. The van der Waals surface area contributed by atoms with Crippen molar-refractivity contribution in [2.75, 3.05) is 6.61 Å². The van der Waals surface area contributed by atoms with Gasteiger partial charge in [0.1, 0.15) is 6.10 Å². The van der Waals surface area contributed by atoms with Crippen LogP contribution in [-0.2, 0) is 14.3 Å². The summed E-state index contributed by atoms with van der Waals surface area (Å²) in [7, 11) is 0. The minimum atomic E-state index is -2.84. The molecule has 0 bridgehead atoms. The molecular formula is C41H72N2O8. The minimum Gasteiger partial charge on any atom is -0.394 e. The highest BCUT2D eigenvalue weighted by Gasteiger charge is 2.72. The Hall–Kier alpha value is -2.14. The van der Waals surface area contributed by atoms with E-state index in [9.17, 15) is 34.5 Å². The summed E-state index contributed by atoms with van der Waals surface area (Å²) in [5.41, 5.74) is -7.27. The van der Waals surface area contributed by atoms with Crippen molar-refractivity contribution < 1.29 is 29.6 Å². The van der Waals surface area contributed by atoms with E-state index in [0.717, 1.165) is 68.2 Å². The highest BCUT2D eigenvalue weighted by molar-refractivity contribution is 6.00. The number of ketones is 2. The lowest BCUT2D eigenvalue weighted by Gasteiger charge is -2.38. The zero-order chi connectivity index (χ0) is 37.4. The molecule has 51 heavy (non-hydrogen) atoms. The van der Waals surface area contributed by atoms with Crippen molar-refractivity contribution in [1.29, 1.82) is 0 Å². The Morgan fingerprint density at radius 3 is 1.33 bits per heavy atom. The number of rotatable bonds is 32. The quantitative estimate of drug-likeness (QED) is 0.0545. The Morgan fingerprint density at radius 1 is 0.627 bits per heavy atom. The van der Waals surface area contributed by atoms with Gasteiger partial charge in [-0.05, 0) is 12.8 Å². The van der Waals surface area contributed by atoms with Crippen molar-refractivity contribution in [3.05, 3.63) is 33.1 Å². The van der Waals surface area contributed by atoms with Crippen molar-refractivity contribution in [2.24, 2.45) is 0 Å². The maximum Gasteiger partial charge on any atom is 0.330 e. The molecule has 0 aliphatic carbocycles. The van der Waals surface area contributed by atoms with Crippen LogP contribution in [0, 0.1) is 0 Å². The number of carbonyl (C=O) groups excluding carboxylic acids is 2. The van der Waals surface area contributed by atoms with E-state index in [2.05, 4.69) is 18.8 Å². The highest BCUT2D eigenvalue weighted by atomic mass is 16.6. The fourth-order valence-electron chi connectivity index (χ4n) is 7.57. The second-order valence-electron chi connectivity index (χ2n) is 15.0. The number of ether oxygens (including phenoxy) is 1. The molecule has 0 saturated carbocycles. The number of H-pyrrole nitrogens is 1. The topological polar surface area (TPSA) is 159 Å². The lowest BCUT2D eigenvalue weighted by molar-refractivity contribution is -0.184. The van der Waals surface area contributed by atoms with Crippen molar-refractivity contribution in [1.82, 2.24) is 9.55 Å². The molecular weight excluding hydrogens is 648 g/mol. The smallest absolute Gasteiger partial charge is 0.330 e. The SMILES string of the molecule is CCCCCCCCCCCCCCCC(=O)[C@@]1(O)[C@@H](CO)O[C@@H](n2ccc(=O)[nH]c2=O)[C@@]1(O)C(=O)CCCCCCCCCCCCCCC. The van der Waals surface area contributed by atoms with Gasteiger partial charge in [-0.1, -0.05) is 168 Å². The average molecular weight is 721 g/mol. The molecule has 10 heteroatoms. The van der Waals surface area contributed by atoms with E-state index in [0.29, 0.717) is 12.8 Å². The van der Waals surface area contributed by atoms with Gasteiger partial charge in [-0.2, -0.15) is 0 Å². The van der Waals surface area contributed by atoms with Crippen LogP contribution in [0.1, 0.15) is 200 Å². The second kappa shape index (κ2) is 25.8. The van der Waals surface area contributed by atoms with E-state index in [1.807, 2.05) is 0 Å². The predicted octanol–water partition coefficient (Wildman–Crippen LogP) is 7.99. The van der Waals surface area contributed by atoms with Crippen LogP contribution in [0.3, 0.4) is 0 Å². The summed E-state index contributed by atoms with van der Waals surface area (Å²) in [6, 6.07) is 1.03. The van der Waals surface area contributed by atoms with Crippen molar-refractivity contribution in [2.45, 2.75) is 217 Å². The van der Waals surface area contributed by atoms with Gasteiger partial charge >= 0.3 is 5.69 Å². The number of aliphatic hydroxyl groups is 3. The van der Waals surface area contributed by atoms with Gasteiger partial charge in [0.05, 0.1) is 6.61 Å². The lowest BCUT2D eigenvalue weighted by Crippen LogP contribution is -2.67. The zero-order valence-corrected chi connectivity index (χ0v) is 32.1. The molecule has 1 aliphatic heterocycles. The first-order chi connectivity index (χ1) is 24.7. The Morgan fingerprint density at radius 2 is 0.980 bits per heavy atom. The van der Waals surface area contributed by atoms with E-state index >= 15 is 0 Å². The fourth-order valence-corrected chi connectivity index (χ4v) is 7.57. The van der Waals surface area contributed by atoms with Crippen molar-refractivity contribution >= 4 is 11.6 Å². The van der Waals surface area contributed by atoms with Crippen LogP contribution in [0.5, 0.6) is 0 Å². The fraction of sp³-hybridized carbons (Fsp3) is 0.854. The molecule has 1 aromatic rings. The van der Waals surface area contributed by atoms with Gasteiger partial charge in [0.25, 0.3) is 5.56 Å². The van der Waals surface area contributed by atoms with Gasteiger partial charge < -0.3 is 20.1 Å². The Kier molecular flexibility index (Phi) is 22.7. The number of nitrogens with one attached hydrogen (secondary N) is 1. The number of hydrogen-bond donors (Lipinski definition) is 4. The summed E-state index contributed by atoms with van der Waals surface area (Å²) in [4.78, 5) is 54.3. The zero-order valence-electron chi connectivity index (χ0n) is 32.1. The van der Waals surface area contributed by atoms with Crippen LogP contribution < -0.4 is 11.2 Å². The van der Waals surface area contributed by atoms with Crippen molar-refractivity contribution in [3.8, 4) is 0 Å². The monoisotopic (exact) mass is 721 g/mol. The largest absolute Gasteiger partial charge is 0.394 e. The summed E-state index contributed by atoms with van der Waals surface area (Å²) in [5.74, 6) is -1.63. The first kappa shape index (κ1) is 45.0. The van der Waals surface area contributed by atoms with Crippen LogP contribution in [0.15, 0.2) is 21.9 Å². The van der Waals surface area contributed by atoms with Crippen molar-refractivity contribution in [3.63, 3.8) is 0 Å². The molecule has 294 valence electrons. The van der Waals surface area contributed by atoms with Gasteiger partial charge in [-0.25, -0.2) is 4.79 Å². The summed E-state index contributed by atoms with van der Waals surface area (Å²) >= 11 is 0. The van der Waals surface area contributed by atoms with Gasteiger partial charge in [-0.3, -0.25) is 23.9 Å².